The summed E-state index contributed by atoms with van der Waals surface area (Å²) in [6.07, 6.45) is 93.6. The highest BCUT2D eigenvalue weighted by Gasteiger charge is 2.19. The lowest BCUT2D eigenvalue weighted by molar-refractivity contribution is -0.167. The maximum Gasteiger partial charge on any atom is 0.306 e. The zero-order valence-corrected chi connectivity index (χ0v) is 49.1. The van der Waals surface area contributed by atoms with E-state index < -0.39 is 6.10 Å². The Balaban J connectivity index is 4.48. The third kappa shape index (κ3) is 61.5. The average molecular weight is 1060 g/mol. The van der Waals surface area contributed by atoms with Gasteiger partial charge in [0, 0.05) is 19.3 Å². The van der Waals surface area contributed by atoms with Crippen molar-refractivity contribution in [2.24, 2.45) is 0 Å². The van der Waals surface area contributed by atoms with Crippen LogP contribution in [0, 0.1) is 0 Å². The zero-order valence-electron chi connectivity index (χ0n) is 49.1. The number of unbranched alkanes of at least 4 members (excludes halogenated alkanes) is 14. The Morgan fingerprint density at radius 1 is 0.273 bits per heavy atom. The van der Waals surface area contributed by atoms with E-state index >= 15 is 0 Å². The second-order valence-electron chi connectivity index (χ2n) is 19.5. The molecule has 1 atom stereocenters. The van der Waals surface area contributed by atoms with E-state index in [2.05, 4.69) is 191 Å². The molecule has 0 bridgehead atoms. The topological polar surface area (TPSA) is 78.9 Å². The van der Waals surface area contributed by atoms with E-state index in [4.69, 9.17) is 14.2 Å². The summed E-state index contributed by atoms with van der Waals surface area (Å²) < 4.78 is 16.8. The van der Waals surface area contributed by atoms with E-state index in [-0.39, 0.29) is 37.5 Å². The molecule has 0 aliphatic carbocycles. The molecular formula is C71H110O6. The van der Waals surface area contributed by atoms with Crippen LogP contribution in [0.1, 0.15) is 239 Å². The minimum absolute atomic E-state index is 0.118. The SMILES string of the molecule is CC/C=C\C/C=C\C/C=C\C/C=C\C/C=C\C/C=C\C/C=C\CCCC(=O)OC(COC(=O)CCCCCCC/C=C\CCCC)COC(=O)CCCCCCCC/C=C\C/C=C\C/C=C\C/C=C\C/C=C\C/C=C\CC. The number of carbonyl (C=O) groups excluding carboxylic acids is 3. The maximum atomic E-state index is 12.9. The fraction of sp³-hybridized carbons (Fsp3) is 0.563. The number of ether oxygens (including phenoxy) is 3. The van der Waals surface area contributed by atoms with Crippen molar-refractivity contribution in [2.45, 2.75) is 245 Å². The van der Waals surface area contributed by atoms with Gasteiger partial charge in [-0.15, -0.1) is 0 Å². The molecule has 6 heteroatoms. The summed E-state index contributed by atoms with van der Waals surface area (Å²) >= 11 is 0. The molecule has 0 saturated carbocycles. The van der Waals surface area contributed by atoms with Gasteiger partial charge < -0.3 is 14.2 Å². The molecule has 0 radical (unpaired) electrons. The zero-order chi connectivity index (χ0) is 55.7. The first-order chi connectivity index (χ1) is 38.0. The molecule has 0 rings (SSSR count). The molecule has 0 aliphatic heterocycles. The molecule has 0 heterocycles. The van der Waals surface area contributed by atoms with Gasteiger partial charge in [-0.05, 0) is 141 Å². The van der Waals surface area contributed by atoms with Crippen molar-refractivity contribution < 1.29 is 28.6 Å². The molecule has 1 unspecified atom stereocenters. The predicted octanol–water partition coefficient (Wildman–Crippen LogP) is 21.1. The van der Waals surface area contributed by atoms with Crippen molar-refractivity contribution in [1.82, 2.24) is 0 Å². The molecule has 0 aliphatic rings. The number of rotatable bonds is 53. The number of hydrogen-bond acceptors (Lipinski definition) is 6. The van der Waals surface area contributed by atoms with E-state index in [0.29, 0.717) is 19.3 Å². The van der Waals surface area contributed by atoms with Crippen LogP contribution in [0.15, 0.2) is 170 Å². The van der Waals surface area contributed by atoms with Gasteiger partial charge in [0.15, 0.2) is 6.10 Å². The number of carbonyl (C=O) groups is 3. The molecule has 0 spiro atoms. The Bertz CT molecular complexity index is 1790. The van der Waals surface area contributed by atoms with Crippen LogP contribution >= 0.6 is 0 Å². The highest BCUT2D eigenvalue weighted by atomic mass is 16.6. The molecule has 0 saturated heterocycles. The van der Waals surface area contributed by atoms with E-state index in [9.17, 15) is 14.4 Å². The summed E-state index contributed by atoms with van der Waals surface area (Å²) in [6, 6.07) is 0. The summed E-state index contributed by atoms with van der Waals surface area (Å²) in [5, 5.41) is 0. The average Bonchev–Trinajstić information content (AvgIpc) is 3.43. The smallest absolute Gasteiger partial charge is 0.306 e. The van der Waals surface area contributed by atoms with Crippen molar-refractivity contribution in [3.63, 3.8) is 0 Å². The Morgan fingerprint density at radius 2 is 0.519 bits per heavy atom. The Morgan fingerprint density at radius 3 is 0.844 bits per heavy atom. The molecule has 0 aromatic heterocycles. The molecule has 6 nitrogen and oxygen atoms in total. The van der Waals surface area contributed by atoms with Crippen LogP contribution in [0.25, 0.3) is 0 Å². The standard InChI is InChI=1S/C71H110O6/c1-4-7-10-13-16-19-22-24-26-28-30-32-34-35-37-38-40-42-44-46-49-52-55-58-61-64-70(73)76-67-68(66-75-69(72)63-60-57-54-51-48-21-18-15-12-9-6-3)77-71(74)65-62-59-56-53-50-47-45-43-41-39-36-33-31-29-27-25-23-20-17-14-11-8-5-2/h7-8,10-11,15-20,24-27,30-33,35,37,39-42,45,47,53,56,68H,4-6,9,12-14,21-23,28-29,34,36,38,43-44,46,48-52,54-55,57-67H2,1-3H3/b10-7-,11-8-,18-15-,19-16-,20-17-,26-24-,27-25-,32-30-,33-31-,37-35-,41-39-,42-40-,47-45-,56-53-. The maximum absolute atomic E-state index is 12.9. The molecule has 0 aromatic carbocycles. The van der Waals surface area contributed by atoms with E-state index in [1.807, 2.05) is 0 Å². The first-order valence-electron chi connectivity index (χ1n) is 30.6. The van der Waals surface area contributed by atoms with E-state index in [1.165, 1.54) is 38.5 Å². The molecule has 77 heavy (non-hydrogen) atoms. The number of esters is 3. The summed E-state index contributed by atoms with van der Waals surface area (Å²) in [5.74, 6) is -1.01. The largest absolute Gasteiger partial charge is 0.462 e. The van der Waals surface area contributed by atoms with Crippen molar-refractivity contribution in [3.05, 3.63) is 170 Å². The Labute approximate surface area is 472 Å². The molecule has 0 N–H and O–H groups in total. The van der Waals surface area contributed by atoms with Crippen LogP contribution in [0.4, 0.5) is 0 Å². The highest BCUT2D eigenvalue weighted by Crippen LogP contribution is 2.13. The summed E-state index contributed by atoms with van der Waals surface area (Å²) in [6.45, 7) is 6.29. The molecule has 430 valence electrons. The van der Waals surface area contributed by atoms with Crippen molar-refractivity contribution >= 4 is 17.9 Å². The fourth-order valence-corrected chi connectivity index (χ4v) is 7.65. The van der Waals surface area contributed by atoms with Crippen molar-refractivity contribution in [1.29, 1.82) is 0 Å². The van der Waals surface area contributed by atoms with Gasteiger partial charge in [-0.2, -0.15) is 0 Å². The van der Waals surface area contributed by atoms with Crippen LogP contribution in [0.3, 0.4) is 0 Å². The van der Waals surface area contributed by atoms with E-state index in [1.54, 1.807) is 0 Å². The minimum atomic E-state index is -0.828. The third-order valence-electron chi connectivity index (χ3n) is 12.2. The lowest BCUT2D eigenvalue weighted by atomic mass is 10.1. The fourth-order valence-electron chi connectivity index (χ4n) is 7.65. The lowest BCUT2D eigenvalue weighted by Gasteiger charge is -2.18. The number of hydrogen-bond donors (Lipinski definition) is 0. The second kappa shape index (κ2) is 63.3. The summed E-state index contributed by atoms with van der Waals surface area (Å²) in [4.78, 5) is 38.2. The molecule has 0 aromatic rings. The first kappa shape index (κ1) is 71.8. The Kier molecular flexibility index (Phi) is 59.0. The first-order valence-corrected chi connectivity index (χ1v) is 30.6. The minimum Gasteiger partial charge on any atom is -0.462 e. The van der Waals surface area contributed by atoms with Crippen LogP contribution in [0.5, 0.6) is 0 Å². The van der Waals surface area contributed by atoms with Crippen molar-refractivity contribution in [2.75, 3.05) is 13.2 Å². The van der Waals surface area contributed by atoms with Gasteiger partial charge in [-0.3, -0.25) is 14.4 Å². The lowest BCUT2D eigenvalue weighted by Crippen LogP contribution is -2.30. The third-order valence-corrected chi connectivity index (χ3v) is 12.2. The summed E-state index contributed by atoms with van der Waals surface area (Å²) in [7, 11) is 0. The van der Waals surface area contributed by atoms with Gasteiger partial charge in [0.2, 0.25) is 0 Å². The molecule has 0 amide bonds. The normalized spacial score (nSPS) is 13.3. The van der Waals surface area contributed by atoms with Crippen LogP contribution in [0.2, 0.25) is 0 Å². The van der Waals surface area contributed by atoms with Gasteiger partial charge in [-0.1, -0.05) is 249 Å². The van der Waals surface area contributed by atoms with Gasteiger partial charge in [0.1, 0.15) is 13.2 Å². The number of allylic oxidation sites excluding steroid dienone is 28. The van der Waals surface area contributed by atoms with Gasteiger partial charge >= 0.3 is 17.9 Å². The van der Waals surface area contributed by atoms with Gasteiger partial charge in [-0.25, -0.2) is 0 Å². The Hall–Kier alpha value is -5.23. The molecular weight excluding hydrogens is 949 g/mol. The summed E-state index contributed by atoms with van der Waals surface area (Å²) in [5.41, 5.74) is 0. The second-order valence-corrected chi connectivity index (χ2v) is 19.5. The van der Waals surface area contributed by atoms with Crippen LogP contribution < -0.4 is 0 Å². The van der Waals surface area contributed by atoms with Crippen LogP contribution in [-0.4, -0.2) is 37.2 Å². The van der Waals surface area contributed by atoms with E-state index in [0.717, 1.165) is 154 Å². The highest BCUT2D eigenvalue weighted by molar-refractivity contribution is 5.71. The van der Waals surface area contributed by atoms with Crippen LogP contribution in [-0.2, 0) is 28.6 Å². The quantitative estimate of drug-likeness (QED) is 0.0261. The van der Waals surface area contributed by atoms with Gasteiger partial charge in [0.25, 0.3) is 0 Å². The predicted molar refractivity (Wildman–Crippen MR) is 334 cm³/mol. The monoisotopic (exact) mass is 1060 g/mol. The molecule has 0 fully saturated rings. The van der Waals surface area contributed by atoms with Crippen molar-refractivity contribution in [3.8, 4) is 0 Å². The van der Waals surface area contributed by atoms with Gasteiger partial charge in [0.05, 0.1) is 0 Å².